The van der Waals surface area contributed by atoms with Crippen LogP contribution in [0.25, 0.3) is 0 Å². The lowest BCUT2D eigenvalue weighted by molar-refractivity contribution is 0.0685. The van der Waals surface area contributed by atoms with Crippen molar-refractivity contribution in [2.75, 3.05) is 24.8 Å². The Bertz CT molecular complexity index is 897. The second kappa shape index (κ2) is 7.76. The van der Waals surface area contributed by atoms with E-state index in [0.29, 0.717) is 23.4 Å². The number of halogens is 1. The number of amides is 1. The molecule has 1 saturated heterocycles. The summed E-state index contributed by atoms with van der Waals surface area (Å²) in [5.74, 6) is -0.0204. The third-order valence-corrected chi connectivity index (χ3v) is 5.62. The summed E-state index contributed by atoms with van der Waals surface area (Å²) in [6.45, 7) is 2.33. The zero-order chi connectivity index (χ0) is 18.8. The SMILES string of the molecule is O=C1c2c(OCc3ccccc3)c(=O)c(Br)cn2N2CCCCCCN1C2. The topological polar surface area (TPSA) is 54.8 Å². The normalized spacial score (nSPS) is 17.0. The fourth-order valence-electron chi connectivity index (χ4n) is 3.61. The Hall–Kier alpha value is -2.28. The average molecular weight is 432 g/mol. The van der Waals surface area contributed by atoms with E-state index in [0.717, 1.165) is 37.8 Å². The monoisotopic (exact) mass is 431 g/mol. The van der Waals surface area contributed by atoms with Gasteiger partial charge in [-0.3, -0.25) is 19.3 Å². The molecule has 6 nitrogen and oxygen atoms in total. The van der Waals surface area contributed by atoms with Gasteiger partial charge in [-0.25, -0.2) is 0 Å². The van der Waals surface area contributed by atoms with Gasteiger partial charge in [0.25, 0.3) is 5.91 Å². The van der Waals surface area contributed by atoms with Gasteiger partial charge in [0.2, 0.25) is 5.43 Å². The van der Waals surface area contributed by atoms with Crippen molar-refractivity contribution in [1.29, 1.82) is 0 Å². The van der Waals surface area contributed by atoms with Crippen LogP contribution in [0.5, 0.6) is 5.75 Å². The highest BCUT2D eigenvalue weighted by Gasteiger charge is 2.34. The number of ether oxygens (including phenoxy) is 1. The minimum absolute atomic E-state index is 0.118. The molecule has 0 saturated carbocycles. The van der Waals surface area contributed by atoms with Crippen LogP contribution in [-0.4, -0.2) is 35.2 Å². The molecule has 0 aliphatic carbocycles. The second-order valence-corrected chi connectivity index (χ2v) is 7.81. The standard InChI is InChI=1S/C20H22BrN3O3/c21-16-12-24-17(19(18(16)25)27-13-15-8-4-3-5-9-15)20(26)22-10-6-1-2-7-11-23(24)14-22/h3-5,8-9,12H,1-2,6-7,10-11,13-14H2. The molecule has 1 amide bonds. The Balaban J connectivity index is 1.76. The molecule has 2 aliphatic rings. The first kappa shape index (κ1) is 18.1. The molecule has 1 fully saturated rings. The number of carbonyl (C=O) groups is 1. The van der Waals surface area contributed by atoms with E-state index in [1.54, 1.807) is 10.9 Å². The highest BCUT2D eigenvalue weighted by atomic mass is 79.9. The average Bonchev–Trinajstić information content (AvgIpc) is 2.79. The summed E-state index contributed by atoms with van der Waals surface area (Å²) in [4.78, 5) is 27.7. The molecule has 4 rings (SSSR count). The summed E-state index contributed by atoms with van der Waals surface area (Å²) >= 11 is 3.35. The summed E-state index contributed by atoms with van der Waals surface area (Å²) < 4.78 is 8.10. The van der Waals surface area contributed by atoms with Gasteiger partial charge in [0.1, 0.15) is 13.3 Å². The molecule has 1 aromatic heterocycles. The number of carbonyl (C=O) groups excluding carboxylic acids is 1. The minimum Gasteiger partial charge on any atom is -0.482 e. The molecule has 0 spiro atoms. The Kier molecular flexibility index (Phi) is 5.20. The number of pyridine rings is 1. The van der Waals surface area contributed by atoms with Crippen LogP contribution in [0.2, 0.25) is 0 Å². The van der Waals surface area contributed by atoms with E-state index in [1.165, 1.54) is 0 Å². The van der Waals surface area contributed by atoms with Crippen LogP contribution in [0.15, 0.2) is 45.8 Å². The molecular weight excluding hydrogens is 410 g/mol. The molecule has 1 aromatic carbocycles. The second-order valence-electron chi connectivity index (χ2n) is 6.96. The van der Waals surface area contributed by atoms with Crippen molar-refractivity contribution in [1.82, 2.24) is 9.58 Å². The van der Waals surface area contributed by atoms with Crippen LogP contribution in [-0.2, 0) is 6.61 Å². The van der Waals surface area contributed by atoms with Crippen molar-refractivity contribution in [3.8, 4) is 5.75 Å². The third-order valence-electron chi connectivity index (χ3n) is 5.05. The summed E-state index contributed by atoms with van der Waals surface area (Å²) in [7, 11) is 0. The predicted octanol–water partition coefficient (Wildman–Crippen LogP) is 3.12. The zero-order valence-electron chi connectivity index (χ0n) is 15.1. The summed E-state index contributed by atoms with van der Waals surface area (Å²) in [6.07, 6.45) is 6.01. The maximum Gasteiger partial charge on any atom is 0.277 e. The van der Waals surface area contributed by atoms with Crippen molar-refractivity contribution in [2.45, 2.75) is 32.3 Å². The van der Waals surface area contributed by atoms with E-state index >= 15 is 0 Å². The largest absolute Gasteiger partial charge is 0.482 e. The third kappa shape index (κ3) is 3.60. The number of nitrogens with zero attached hydrogens (tertiary/aromatic N) is 3. The van der Waals surface area contributed by atoms with Crippen molar-refractivity contribution in [2.24, 2.45) is 0 Å². The smallest absolute Gasteiger partial charge is 0.277 e. The quantitative estimate of drug-likeness (QED) is 0.748. The first-order valence-electron chi connectivity index (χ1n) is 9.31. The van der Waals surface area contributed by atoms with Gasteiger partial charge in [-0.15, -0.1) is 0 Å². The number of hydrogen-bond acceptors (Lipinski definition) is 4. The minimum atomic E-state index is -0.290. The number of fused-ring (bicyclic) bond motifs is 4. The van der Waals surface area contributed by atoms with Gasteiger partial charge in [-0.05, 0) is 34.3 Å². The molecule has 0 unspecified atom stereocenters. The van der Waals surface area contributed by atoms with Gasteiger partial charge in [-0.2, -0.15) is 0 Å². The number of hydrogen-bond donors (Lipinski definition) is 0. The molecule has 0 N–H and O–H groups in total. The first-order valence-corrected chi connectivity index (χ1v) is 10.1. The maximum atomic E-state index is 13.1. The van der Waals surface area contributed by atoms with Crippen LogP contribution < -0.4 is 15.2 Å². The van der Waals surface area contributed by atoms with Crippen molar-refractivity contribution >= 4 is 21.8 Å². The summed E-state index contributed by atoms with van der Waals surface area (Å²) in [6, 6.07) is 9.65. The molecule has 2 aromatic rings. The highest BCUT2D eigenvalue weighted by molar-refractivity contribution is 9.10. The molecular formula is C20H22BrN3O3. The van der Waals surface area contributed by atoms with Crippen molar-refractivity contribution in [3.05, 3.63) is 62.5 Å². The van der Waals surface area contributed by atoms with E-state index < -0.39 is 0 Å². The lowest BCUT2D eigenvalue weighted by Gasteiger charge is -2.39. The van der Waals surface area contributed by atoms with Gasteiger partial charge in [0.15, 0.2) is 11.4 Å². The fourth-order valence-corrected chi connectivity index (χ4v) is 3.99. The summed E-state index contributed by atoms with van der Waals surface area (Å²) in [5, 5.41) is 2.11. The Morgan fingerprint density at radius 2 is 1.74 bits per heavy atom. The fraction of sp³-hybridized carbons (Fsp3) is 0.400. The van der Waals surface area contributed by atoms with E-state index in [4.69, 9.17) is 4.74 Å². The van der Waals surface area contributed by atoms with Crippen LogP contribution in [0.4, 0.5) is 0 Å². The first-order chi connectivity index (χ1) is 13.1. The zero-order valence-corrected chi connectivity index (χ0v) is 16.7. The van der Waals surface area contributed by atoms with Crippen LogP contribution in [0.1, 0.15) is 41.7 Å². The van der Waals surface area contributed by atoms with E-state index in [2.05, 4.69) is 20.9 Å². The Labute approximate surface area is 166 Å². The summed E-state index contributed by atoms with van der Waals surface area (Å²) in [5.41, 5.74) is 0.986. The maximum absolute atomic E-state index is 13.1. The Morgan fingerprint density at radius 1 is 1.00 bits per heavy atom. The van der Waals surface area contributed by atoms with Gasteiger partial charge >= 0.3 is 0 Å². The lowest BCUT2D eigenvalue weighted by atomic mass is 10.2. The van der Waals surface area contributed by atoms with Gasteiger partial charge in [0.05, 0.1) is 4.47 Å². The Morgan fingerprint density at radius 3 is 2.52 bits per heavy atom. The van der Waals surface area contributed by atoms with E-state index in [1.807, 2.05) is 35.2 Å². The number of rotatable bonds is 3. The molecule has 142 valence electrons. The molecule has 3 heterocycles. The van der Waals surface area contributed by atoms with Crippen LogP contribution in [0.3, 0.4) is 0 Å². The van der Waals surface area contributed by atoms with E-state index in [9.17, 15) is 9.59 Å². The van der Waals surface area contributed by atoms with Crippen molar-refractivity contribution in [3.63, 3.8) is 0 Å². The van der Waals surface area contributed by atoms with Crippen LogP contribution >= 0.6 is 15.9 Å². The number of benzene rings is 1. The molecule has 27 heavy (non-hydrogen) atoms. The molecule has 0 radical (unpaired) electrons. The number of aromatic nitrogens is 1. The lowest BCUT2D eigenvalue weighted by Crippen LogP contribution is -2.54. The van der Waals surface area contributed by atoms with E-state index in [-0.39, 0.29) is 23.7 Å². The van der Waals surface area contributed by atoms with Crippen molar-refractivity contribution < 1.29 is 9.53 Å². The van der Waals surface area contributed by atoms with Gasteiger partial charge in [0, 0.05) is 19.3 Å². The molecule has 7 heteroatoms. The molecule has 2 aliphatic heterocycles. The molecule has 2 bridgehead atoms. The molecule has 0 atom stereocenters. The van der Waals surface area contributed by atoms with Crippen LogP contribution in [0, 0.1) is 0 Å². The van der Waals surface area contributed by atoms with Gasteiger partial charge in [-0.1, -0.05) is 43.2 Å². The highest BCUT2D eigenvalue weighted by Crippen LogP contribution is 2.26. The van der Waals surface area contributed by atoms with Gasteiger partial charge < -0.3 is 9.64 Å². The predicted molar refractivity (Wildman–Crippen MR) is 107 cm³/mol.